The highest BCUT2D eigenvalue weighted by Crippen LogP contribution is 2.39. The van der Waals surface area contributed by atoms with E-state index in [2.05, 4.69) is 0 Å². The molecule has 0 spiro atoms. The van der Waals surface area contributed by atoms with E-state index in [1.54, 1.807) is 0 Å². The smallest absolute Gasteiger partial charge is 0.335 e. The Hall–Kier alpha value is -6.81. The van der Waals surface area contributed by atoms with Crippen molar-refractivity contribution < 1.29 is 115 Å². The van der Waals surface area contributed by atoms with Crippen molar-refractivity contribution in [2.75, 3.05) is 26.4 Å². The molecule has 0 unspecified atom stereocenters. The van der Waals surface area contributed by atoms with Crippen molar-refractivity contribution in [3.63, 3.8) is 0 Å². The maximum Gasteiger partial charge on any atom is 0.335 e. The number of hydrogen-bond acceptors (Lipinski definition) is 16. The number of carboxylic acids is 8. The number of benzene rings is 4. The van der Waals surface area contributed by atoms with Crippen molar-refractivity contribution in [2.45, 2.75) is 102 Å². The van der Waals surface area contributed by atoms with Crippen molar-refractivity contribution in [1.29, 1.82) is 0 Å². The van der Waals surface area contributed by atoms with Crippen LogP contribution in [-0.4, -0.2) is 149 Å². The van der Waals surface area contributed by atoms with Crippen LogP contribution in [0.1, 0.15) is 131 Å². The van der Waals surface area contributed by atoms with Crippen LogP contribution < -0.4 is 0 Å². The number of aromatic carboxylic acids is 8. The molecule has 0 amide bonds. The van der Waals surface area contributed by atoms with Gasteiger partial charge in [0.15, 0.2) is 0 Å². The molecule has 1 aliphatic rings. The Morgan fingerprint density at radius 3 is 0.588 bits per heavy atom. The first-order chi connectivity index (χ1) is 37.6. The van der Waals surface area contributed by atoms with Crippen LogP contribution in [0.15, 0.2) is 72.8 Å². The normalized spacial score (nSPS) is 20.1. The van der Waals surface area contributed by atoms with Gasteiger partial charge in [-0.05, 0) is 171 Å². The molecule has 432 valence electrons. The fraction of sp³-hybridized carbons (Fsp3) is 0.385. The molecule has 0 atom stereocenters. The van der Waals surface area contributed by atoms with E-state index in [-0.39, 0.29) is 97.4 Å². The molecule has 24 nitrogen and oxygen atoms in total. The summed E-state index contributed by atoms with van der Waals surface area (Å²) < 4.78 is 52.8. The molecule has 8 N–H and O–H groups in total. The van der Waals surface area contributed by atoms with Crippen LogP contribution in [0.3, 0.4) is 0 Å². The van der Waals surface area contributed by atoms with Gasteiger partial charge in [0.25, 0.3) is 0 Å². The lowest BCUT2D eigenvalue weighted by molar-refractivity contribution is 0.0675. The lowest BCUT2D eigenvalue weighted by Crippen LogP contribution is -2.67. The van der Waals surface area contributed by atoms with E-state index >= 15 is 0 Å². The third-order valence-electron chi connectivity index (χ3n) is 12.4. The molecule has 4 aromatic carbocycles. The molecule has 5 rings (SSSR count). The second kappa shape index (κ2) is 28.6. The molecule has 0 saturated carbocycles. The second-order valence-corrected chi connectivity index (χ2v) is 34.0. The molecule has 28 heteroatoms. The monoisotopic (exact) mass is 1180 g/mol. The van der Waals surface area contributed by atoms with E-state index in [1.807, 2.05) is 26.2 Å². The second-order valence-electron chi connectivity index (χ2n) is 19.7. The van der Waals surface area contributed by atoms with Gasteiger partial charge in [-0.15, -0.1) is 0 Å². The maximum absolute atomic E-state index is 11.7. The molecule has 0 radical (unpaired) electrons. The lowest BCUT2D eigenvalue weighted by atomic mass is 10.1. The molecule has 80 heavy (non-hydrogen) atoms. The number of carboxylic acid groups (broad SMARTS) is 8. The van der Waals surface area contributed by atoms with Crippen molar-refractivity contribution in [3.05, 3.63) is 140 Å². The fourth-order valence-electron chi connectivity index (χ4n) is 9.15. The molecule has 1 aliphatic heterocycles. The van der Waals surface area contributed by atoms with E-state index in [0.717, 1.165) is 24.3 Å². The van der Waals surface area contributed by atoms with Gasteiger partial charge >= 0.3 is 82.0 Å². The first kappa shape index (κ1) is 64.0. The SMILES string of the molecule is C[Si]1(CCCOCc2cc(C(=O)O)cc(C(=O)O)c2)O[Si](C)(CCCOCc2cc(C(=O)O)cc(C(=O)O)c2)O[Si](C)(CCCOCc2cc(C(=O)O)cc(C(=O)O)c2)O[Si](C)(CCCOCc2cc(C(=O)O)cc(C(=O)O)c2)O1. The van der Waals surface area contributed by atoms with Crippen molar-refractivity contribution in [3.8, 4) is 0 Å². The Balaban J connectivity index is 1.38. The van der Waals surface area contributed by atoms with Gasteiger partial charge < -0.3 is 76.3 Å². The number of ether oxygens (including phenoxy) is 4. The van der Waals surface area contributed by atoms with Gasteiger partial charge in [-0.3, -0.25) is 0 Å². The van der Waals surface area contributed by atoms with E-state index in [4.69, 9.17) is 35.4 Å². The zero-order chi connectivity index (χ0) is 59.0. The third kappa shape index (κ3) is 19.8. The summed E-state index contributed by atoms with van der Waals surface area (Å²) in [6, 6.07) is 16.2. The first-order valence-corrected chi connectivity index (χ1v) is 35.2. The Morgan fingerprint density at radius 1 is 0.300 bits per heavy atom. The minimum absolute atomic E-state index is 0.102. The van der Waals surface area contributed by atoms with Crippen molar-refractivity contribution >= 4 is 82.0 Å². The summed E-state index contributed by atoms with van der Waals surface area (Å²) in [6.45, 7) is 7.63. The van der Waals surface area contributed by atoms with Gasteiger partial charge in [0.05, 0.1) is 70.9 Å². The number of rotatable bonds is 32. The molecular formula is C52H64O24Si4. The van der Waals surface area contributed by atoms with Crippen LogP contribution >= 0.6 is 0 Å². The molecular weight excluding hydrogens is 1120 g/mol. The topological polar surface area (TPSA) is 372 Å². The Morgan fingerprint density at radius 2 is 0.450 bits per heavy atom. The summed E-state index contributed by atoms with van der Waals surface area (Å²) in [4.78, 5) is 94.0. The summed E-state index contributed by atoms with van der Waals surface area (Å²) >= 11 is 0. The zero-order valence-corrected chi connectivity index (χ0v) is 48.4. The first-order valence-electron chi connectivity index (χ1n) is 25.1. The summed E-state index contributed by atoms with van der Waals surface area (Å²) in [5.74, 6) is -10.4. The van der Waals surface area contributed by atoms with Crippen molar-refractivity contribution in [2.24, 2.45) is 0 Å². The predicted octanol–water partition coefficient (Wildman–Crippen LogP) is 8.37. The standard InChI is InChI=1S/C52H64O24Si4/c1-77(13-5-9-69-29-33-17-37(45(53)54)25-38(18-33)46(55)56)73-78(2,14-6-10-70-30-34-19-39(47(57)58)26-40(20-34)48(59)60)75-80(4,16-8-12-72-32-36-23-43(51(65)66)28-44(24-36)52(67)68)76-79(3,74-77)15-7-11-71-31-35-21-41(49(61)62)27-42(22-35)50(63)64/h17-28H,5-16,29-32H2,1-4H3,(H,53,54)(H,55,56)(H,57,58)(H,59,60)(H,61,62)(H,63,64)(H,65,66)(H,67,68). The van der Waals surface area contributed by atoms with Crippen LogP contribution in [0.4, 0.5) is 0 Å². The van der Waals surface area contributed by atoms with Gasteiger partial charge in [0.2, 0.25) is 0 Å². The van der Waals surface area contributed by atoms with Gasteiger partial charge in [0, 0.05) is 26.4 Å². The number of hydrogen-bond donors (Lipinski definition) is 8. The Labute approximate surface area is 463 Å². The fourth-order valence-corrected chi connectivity index (χ4v) is 32.3. The summed E-state index contributed by atoms with van der Waals surface area (Å²) in [5.41, 5.74) is -0.406. The predicted molar refractivity (Wildman–Crippen MR) is 289 cm³/mol. The van der Waals surface area contributed by atoms with E-state index in [9.17, 15) is 79.2 Å². The van der Waals surface area contributed by atoms with Gasteiger partial charge in [0.1, 0.15) is 0 Å². The Bertz CT molecular complexity index is 2420. The highest BCUT2D eigenvalue weighted by atomic mass is 28.5. The van der Waals surface area contributed by atoms with Crippen LogP contribution in [0.2, 0.25) is 50.4 Å². The quantitative estimate of drug-likeness (QED) is 0.0168. The van der Waals surface area contributed by atoms with Gasteiger partial charge in [-0.2, -0.15) is 0 Å². The van der Waals surface area contributed by atoms with E-state index in [1.165, 1.54) is 48.5 Å². The molecule has 1 fully saturated rings. The summed E-state index contributed by atoms with van der Waals surface area (Å²) in [6.07, 6.45) is 1.46. The highest BCUT2D eigenvalue weighted by Gasteiger charge is 2.56. The molecule has 0 aliphatic carbocycles. The van der Waals surface area contributed by atoms with Crippen molar-refractivity contribution in [1.82, 2.24) is 0 Å². The van der Waals surface area contributed by atoms with Crippen LogP contribution in [-0.2, 0) is 61.8 Å². The Kier molecular flexibility index (Phi) is 22.8. The molecule has 1 saturated heterocycles. The molecule has 4 aromatic rings. The molecule has 1 heterocycles. The van der Waals surface area contributed by atoms with Gasteiger partial charge in [-0.1, -0.05) is 0 Å². The van der Waals surface area contributed by atoms with E-state index in [0.29, 0.717) is 72.1 Å². The minimum Gasteiger partial charge on any atom is -0.478 e. The third-order valence-corrected chi connectivity index (χ3v) is 31.3. The van der Waals surface area contributed by atoms with Gasteiger partial charge in [-0.25, -0.2) is 38.4 Å². The highest BCUT2D eigenvalue weighted by molar-refractivity contribution is 6.93. The lowest BCUT2D eigenvalue weighted by Gasteiger charge is -2.50. The minimum atomic E-state index is -3.40. The maximum atomic E-state index is 11.7. The summed E-state index contributed by atoms with van der Waals surface area (Å²) in [5, 5.41) is 76.6. The molecule has 0 bridgehead atoms. The average Bonchev–Trinajstić information content (AvgIpc) is 3.37. The zero-order valence-electron chi connectivity index (χ0n) is 44.4. The van der Waals surface area contributed by atoms with Crippen LogP contribution in [0.25, 0.3) is 0 Å². The van der Waals surface area contributed by atoms with Crippen LogP contribution in [0.5, 0.6) is 0 Å². The van der Waals surface area contributed by atoms with Crippen LogP contribution in [0, 0.1) is 0 Å². The number of carbonyl (C=O) groups is 8. The summed E-state index contributed by atoms with van der Waals surface area (Å²) in [7, 11) is -13.6. The molecule has 0 aromatic heterocycles. The largest absolute Gasteiger partial charge is 0.478 e. The average molecular weight is 1190 g/mol. The van der Waals surface area contributed by atoms with E-state index < -0.39 is 82.0 Å².